The van der Waals surface area contributed by atoms with Gasteiger partial charge >= 0.3 is 6.09 Å². The maximum absolute atomic E-state index is 12.9. The van der Waals surface area contributed by atoms with Crippen molar-refractivity contribution in [2.75, 3.05) is 6.54 Å². The van der Waals surface area contributed by atoms with E-state index in [1.54, 1.807) is 57.2 Å². The number of carbonyl (C=O) groups is 2. The van der Waals surface area contributed by atoms with E-state index in [1.165, 1.54) is 12.1 Å². The van der Waals surface area contributed by atoms with Gasteiger partial charge < -0.3 is 15.4 Å². The number of benzene rings is 2. The van der Waals surface area contributed by atoms with E-state index < -0.39 is 17.7 Å². The van der Waals surface area contributed by atoms with Gasteiger partial charge in [0.2, 0.25) is 5.91 Å². The van der Waals surface area contributed by atoms with E-state index in [-0.39, 0.29) is 11.7 Å². The fourth-order valence-corrected chi connectivity index (χ4v) is 2.45. The van der Waals surface area contributed by atoms with Gasteiger partial charge in [-0.3, -0.25) is 4.79 Å². The average Bonchev–Trinajstić information content (AvgIpc) is 2.60. The highest BCUT2D eigenvalue weighted by Crippen LogP contribution is 2.15. The third-order valence-electron chi connectivity index (χ3n) is 3.68. The quantitative estimate of drug-likeness (QED) is 0.811. The van der Waals surface area contributed by atoms with Crippen LogP contribution < -0.4 is 10.6 Å². The summed E-state index contributed by atoms with van der Waals surface area (Å²) < 4.78 is 18.2. The number of ether oxygens (including phenoxy) is 1. The molecule has 2 N–H and O–H groups in total. The standard InChI is InChI=1S/C21H25FN2O3/c1-21(2,3)27-20(26)24-18(16-7-5-4-6-8-16)19(25)23-14-13-15-9-11-17(22)12-10-15/h4-12,18H,13-14H2,1-3H3,(H,23,25)(H,24,26). The second-order valence-corrected chi connectivity index (χ2v) is 7.16. The number of hydrogen-bond donors (Lipinski definition) is 2. The van der Waals surface area contributed by atoms with Gasteiger partial charge in [0, 0.05) is 6.54 Å². The lowest BCUT2D eigenvalue weighted by molar-refractivity contribution is -0.123. The van der Waals surface area contributed by atoms with Crippen molar-refractivity contribution in [3.05, 3.63) is 71.5 Å². The Hall–Kier alpha value is -2.89. The summed E-state index contributed by atoms with van der Waals surface area (Å²) in [4.78, 5) is 24.8. The fraction of sp³-hybridized carbons (Fsp3) is 0.333. The highest BCUT2D eigenvalue weighted by Gasteiger charge is 2.25. The minimum atomic E-state index is -0.866. The molecule has 0 saturated carbocycles. The Labute approximate surface area is 158 Å². The third kappa shape index (κ3) is 7.09. The van der Waals surface area contributed by atoms with Gasteiger partial charge in [-0.25, -0.2) is 9.18 Å². The molecular weight excluding hydrogens is 347 g/mol. The second kappa shape index (κ2) is 9.16. The summed E-state index contributed by atoms with van der Waals surface area (Å²) in [6.07, 6.45) is -0.106. The molecule has 0 heterocycles. The lowest BCUT2D eigenvalue weighted by Gasteiger charge is -2.23. The first kappa shape index (κ1) is 20.4. The van der Waals surface area contributed by atoms with E-state index in [9.17, 15) is 14.0 Å². The Morgan fingerprint density at radius 1 is 1.04 bits per heavy atom. The van der Waals surface area contributed by atoms with E-state index in [0.29, 0.717) is 18.5 Å². The SMILES string of the molecule is CC(C)(C)OC(=O)NC(C(=O)NCCc1ccc(F)cc1)c1ccccc1. The van der Waals surface area contributed by atoms with Gasteiger partial charge in [-0.05, 0) is 50.5 Å². The Kier molecular flexibility index (Phi) is 6.93. The zero-order chi connectivity index (χ0) is 19.9. The average molecular weight is 372 g/mol. The van der Waals surface area contributed by atoms with Crippen molar-refractivity contribution in [3.8, 4) is 0 Å². The van der Waals surface area contributed by atoms with Crippen molar-refractivity contribution < 1.29 is 18.7 Å². The highest BCUT2D eigenvalue weighted by atomic mass is 19.1. The molecule has 0 saturated heterocycles. The molecule has 0 aliphatic rings. The molecule has 5 nitrogen and oxygen atoms in total. The summed E-state index contributed by atoms with van der Waals surface area (Å²) in [7, 11) is 0. The van der Waals surface area contributed by atoms with Crippen molar-refractivity contribution in [3.63, 3.8) is 0 Å². The fourth-order valence-electron chi connectivity index (χ4n) is 2.45. The van der Waals surface area contributed by atoms with Crippen LogP contribution in [0.25, 0.3) is 0 Å². The lowest BCUT2D eigenvalue weighted by atomic mass is 10.1. The topological polar surface area (TPSA) is 67.4 Å². The number of nitrogens with one attached hydrogen (secondary N) is 2. The maximum atomic E-state index is 12.9. The van der Waals surface area contributed by atoms with Crippen LogP contribution in [0, 0.1) is 5.82 Å². The normalized spacial score (nSPS) is 12.1. The molecule has 144 valence electrons. The van der Waals surface area contributed by atoms with Gasteiger partial charge in [-0.15, -0.1) is 0 Å². The molecule has 1 atom stereocenters. The smallest absolute Gasteiger partial charge is 0.408 e. The van der Waals surface area contributed by atoms with Crippen LogP contribution in [0.15, 0.2) is 54.6 Å². The van der Waals surface area contributed by atoms with E-state index in [2.05, 4.69) is 10.6 Å². The first-order chi connectivity index (χ1) is 12.7. The minimum absolute atomic E-state index is 0.298. The van der Waals surface area contributed by atoms with Crippen molar-refractivity contribution >= 4 is 12.0 Å². The van der Waals surface area contributed by atoms with Crippen LogP contribution in [0.4, 0.5) is 9.18 Å². The van der Waals surface area contributed by atoms with Gasteiger partial charge in [0.15, 0.2) is 0 Å². The first-order valence-electron chi connectivity index (χ1n) is 8.81. The summed E-state index contributed by atoms with van der Waals surface area (Å²) in [5, 5.41) is 5.43. The number of rotatable bonds is 6. The van der Waals surface area contributed by atoms with Gasteiger partial charge in [-0.1, -0.05) is 42.5 Å². The largest absolute Gasteiger partial charge is 0.444 e. The summed E-state index contributed by atoms with van der Waals surface area (Å²) in [5.74, 6) is -0.636. The van der Waals surface area contributed by atoms with E-state index in [0.717, 1.165) is 5.56 Å². The molecule has 0 aliphatic carbocycles. The van der Waals surface area contributed by atoms with Gasteiger partial charge in [0.25, 0.3) is 0 Å². The predicted octanol–water partition coefficient (Wildman–Crippen LogP) is 3.75. The third-order valence-corrected chi connectivity index (χ3v) is 3.68. The number of alkyl carbamates (subject to hydrolysis) is 1. The molecule has 27 heavy (non-hydrogen) atoms. The van der Waals surface area contributed by atoms with Crippen molar-refractivity contribution in [1.82, 2.24) is 10.6 Å². The summed E-state index contributed by atoms with van der Waals surface area (Å²) >= 11 is 0. The molecule has 0 fully saturated rings. The van der Waals surface area contributed by atoms with E-state index in [4.69, 9.17) is 4.74 Å². The van der Waals surface area contributed by atoms with Crippen molar-refractivity contribution in [2.45, 2.75) is 38.8 Å². The van der Waals surface area contributed by atoms with Gasteiger partial charge in [-0.2, -0.15) is 0 Å². The summed E-state index contributed by atoms with van der Waals surface area (Å²) in [6.45, 7) is 5.64. The van der Waals surface area contributed by atoms with Crippen LogP contribution in [0.5, 0.6) is 0 Å². The van der Waals surface area contributed by atoms with Gasteiger partial charge in [0.1, 0.15) is 17.5 Å². The molecule has 1 unspecified atom stereocenters. The van der Waals surface area contributed by atoms with Crippen LogP contribution in [-0.2, 0) is 16.0 Å². The van der Waals surface area contributed by atoms with E-state index >= 15 is 0 Å². The second-order valence-electron chi connectivity index (χ2n) is 7.16. The van der Waals surface area contributed by atoms with Crippen LogP contribution in [0.2, 0.25) is 0 Å². The first-order valence-corrected chi connectivity index (χ1v) is 8.81. The lowest BCUT2D eigenvalue weighted by Crippen LogP contribution is -2.43. The monoisotopic (exact) mass is 372 g/mol. The van der Waals surface area contributed by atoms with Crippen molar-refractivity contribution in [1.29, 1.82) is 0 Å². The van der Waals surface area contributed by atoms with Crippen LogP contribution in [-0.4, -0.2) is 24.1 Å². The number of halogens is 1. The van der Waals surface area contributed by atoms with E-state index in [1.807, 2.05) is 6.07 Å². The highest BCUT2D eigenvalue weighted by molar-refractivity contribution is 5.86. The Morgan fingerprint density at radius 3 is 2.26 bits per heavy atom. The van der Waals surface area contributed by atoms with Crippen molar-refractivity contribution in [2.24, 2.45) is 0 Å². The number of carbonyl (C=O) groups excluding carboxylic acids is 2. The zero-order valence-corrected chi connectivity index (χ0v) is 15.8. The summed E-state index contributed by atoms with van der Waals surface area (Å²) in [5.41, 5.74) is 0.903. The predicted molar refractivity (Wildman–Crippen MR) is 102 cm³/mol. The molecule has 2 aromatic carbocycles. The molecule has 0 aliphatic heterocycles. The molecule has 0 aromatic heterocycles. The van der Waals surface area contributed by atoms with Gasteiger partial charge in [0.05, 0.1) is 0 Å². The Bertz CT molecular complexity index is 755. The maximum Gasteiger partial charge on any atom is 0.408 e. The molecular formula is C21H25FN2O3. The minimum Gasteiger partial charge on any atom is -0.444 e. The zero-order valence-electron chi connectivity index (χ0n) is 15.8. The summed E-state index contributed by atoms with van der Waals surface area (Å²) in [6, 6.07) is 14.2. The van der Waals surface area contributed by atoms with Crippen LogP contribution >= 0.6 is 0 Å². The Morgan fingerprint density at radius 2 is 1.67 bits per heavy atom. The molecule has 2 amide bonds. The molecule has 0 radical (unpaired) electrons. The molecule has 0 bridgehead atoms. The number of hydrogen-bond acceptors (Lipinski definition) is 3. The molecule has 2 rings (SSSR count). The number of amides is 2. The van der Waals surface area contributed by atoms with Crippen LogP contribution in [0.3, 0.4) is 0 Å². The Balaban J connectivity index is 2.00. The molecule has 0 spiro atoms. The van der Waals surface area contributed by atoms with Crippen LogP contribution in [0.1, 0.15) is 37.9 Å². The molecule has 2 aromatic rings. The molecule has 6 heteroatoms.